The number of hydrogen-bond acceptors (Lipinski definition) is 4. The van der Waals surface area contributed by atoms with Crippen LogP contribution in [0.15, 0.2) is 9.59 Å². The van der Waals surface area contributed by atoms with Gasteiger partial charge >= 0.3 is 5.69 Å². The molecule has 3 heterocycles. The number of carbonyl (C=O) groups excluding carboxylic acids is 1. The molecule has 0 N–H and O–H groups in total. The molecule has 0 bridgehead atoms. The van der Waals surface area contributed by atoms with Gasteiger partial charge in [-0.2, -0.15) is 4.98 Å². The highest BCUT2D eigenvalue weighted by atomic mass is 16.2. The molecule has 140 valence electrons. The summed E-state index contributed by atoms with van der Waals surface area (Å²) in [5.74, 6) is 0.402. The first-order valence-corrected chi connectivity index (χ1v) is 8.84. The Bertz CT molecular complexity index is 1160. The molecule has 3 aromatic heterocycles. The summed E-state index contributed by atoms with van der Waals surface area (Å²) in [5, 5.41) is 0. The maximum atomic E-state index is 13.2. The van der Waals surface area contributed by atoms with Crippen molar-refractivity contribution < 1.29 is 4.79 Å². The quantitative estimate of drug-likeness (QED) is 0.712. The summed E-state index contributed by atoms with van der Waals surface area (Å²) in [7, 11) is 1.58. The first-order chi connectivity index (χ1) is 12.1. The lowest BCUT2D eigenvalue weighted by Crippen LogP contribution is -2.42. The van der Waals surface area contributed by atoms with Gasteiger partial charge in [0, 0.05) is 24.5 Å². The van der Waals surface area contributed by atoms with Crippen molar-refractivity contribution in [2.24, 2.45) is 7.05 Å². The first kappa shape index (κ1) is 18.2. The van der Waals surface area contributed by atoms with E-state index >= 15 is 0 Å². The number of nitrogens with zero attached hydrogens (tertiary/aromatic N) is 5. The highest BCUT2D eigenvalue weighted by Crippen LogP contribution is 2.25. The molecular formula is C18H25N5O3. The lowest BCUT2D eigenvalue weighted by atomic mass is 10.2. The van der Waals surface area contributed by atoms with Gasteiger partial charge in [0.05, 0.1) is 6.04 Å². The highest BCUT2D eigenvalue weighted by Gasteiger charge is 2.26. The van der Waals surface area contributed by atoms with E-state index in [1.54, 1.807) is 14.0 Å². The van der Waals surface area contributed by atoms with Crippen LogP contribution in [0, 0.1) is 13.8 Å². The van der Waals surface area contributed by atoms with E-state index in [1.165, 1.54) is 11.5 Å². The van der Waals surface area contributed by atoms with Crippen molar-refractivity contribution >= 4 is 22.7 Å². The summed E-state index contributed by atoms with van der Waals surface area (Å²) in [6.45, 7) is 11.1. The number of ketones is 1. The smallest absolute Gasteiger partial charge is 0.311 e. The van der Waals surface area contributed by atoms with E-state index in [2.05, 4.69) is 23.4 Å². The monoisotopic (exact) mass is 359 g/mol. The number of rotatable bonds is 4. The number of aromatic nitrogens is 5. The second kappa shape index (κ2) is 5.96. The number of imidazole rings is 2. The van der Waals surface area contributed by atoms with Crippen molar-refractivity contribution in [3.05, 3.63) is 32.2 Å². The SMILES string of the molecule is CC[C@@H](C)n1c(C)c(C)n2c3c(=O)n([C@H](C)C(C)=O)c(=O)n(C)c3nc12. The van der Waals surface area contributed by atoms with E-state index in [1.807, 2.05) is 18.2 Å². The summed E-state index contributed by atoms with van der Waals surface area (Å²) in [6.07, 6.45) is 0.915. The number of aryl methyl sites for hydroxylation is 2. The number of carbonyl (C=O) groups is 1. The van der Waals surface area contributed by atoms with Crippen molar-refractivity contribution in [3.8, 4) is 0 Å². The number of fused-ring (bicyclic) bond motifs is 3. The normalized spacial score (nSPS) is 14.3. The lowest BCUT2D eigenvalue weighted by molar-refractivity contribution is -0.119. The van der Waals surface area contributed by atoms with Crippen molar-refractivity contribution in [2.45, 2.75) is 60.0 Å². The zero-order valence-electron chi connectivity index (χ0n) is 16.3. The van der Waals surface area contributed by atoms with E-state index in [0.717, 1.165) is 22.4 Å². The van der Waals surface area contributed by atoms with E-state index in [4.69, 9.17) is 0 Å². The molecule has 0 aromatic carbocycles. The van der Waals surface area contributed by atoms with Crippen molar-refractivity contribution in [3.63, 3.8) is 0 Å². The standard InChI is InChI=1S/C18H25N5O3/c1-8-9(2)21-10(3)11(4)22-14-15(19-17(21)22)20(7)18(26)23(16(14)25)12(5)13(6)24/h9,12H,8H2,1-7H3/t9-,12-/m1/s1. The van der Waals surface area contributed by atoms with Crippen LogP contribution in [0.2, 0.25) is 0 Å². The minimum Gasteiger partial charge on any atom is -0.311 e. The first-order valence-electron chi connectivity index (χ1n) is 8.84. The summed E-state index contributed by atoms with van der Waals surface area (Å²) in [6, 6.07) is -0.618. The summed E-state index contributed by atoms with van der Waals surface area (Å²) in [4.78, 5) is 42.3. The molecule has 0 aliphatic heterocycles. The van der Waals surface area contributed by atoms with E-state index in [9.17, 15) is 14.4 Å². The molecule has 2 atom stereocenters. The van der Waals surface area contributed by atoms with Gasteiger partial charge < -0.3 is 4.57 Å². The second-order valence-electron chi connectivity index (χ2n) is 7.02. The van der Waals surface area contributed by atoms with Crippen LogP contribution in [0.5, 0.6) is 0 Å². The molecule has 0 amide bonds. The zero-order valence-corrected chi connectivity index (χ0v) is 16.3. The Hall–Kier alpha value is -2.64. The third kappa shape index (κ3) is 2.21. The fourth-order valence-corrected chi connectivity index (χ4v) is 3.48. The molecule has 0 radical (unpaired) electrons. The third-order valence-corrected chi connectivity index (χ3v) is 5.52. The molecular weight excluding hydrogens is 334 g/mol. The summed E-state index contributed by atoms with van der Waals surface area (Å²) < 4.78 is 6.27. The van der Waals surface area contributed by atoms with Crippen LogP contribution in [-0.2, 0) is 11.8 Å². The highest BCUT2D eigenvalue weighted by molar-refractivity contribution is 5.81. The molecule has 0 spiro atoms. The Morgan fingerprint density at radius 2 is 1.73 bits per heavy atom. The summed E-state index contributed by atoms with van der Waals surface area (Å²) in [5.41, 5.74) is 1.59. The third-order valence-electron chi connectivity index (χ3n) is 5.52. The Morgan fingerprint density at radius 1 is 1.12 bits per heavy atom. The molecule has 3 aromatic rings. The molecule has 3 rings (SSSR count). The van der Waals surface area contributed by atoms with Crippen molar-refractivity contribution in [2.75, 3.05) is 0 Å². The lowest BCUT2D eigenvalue weighted by Gasteiger charge is -2.13. The topological polar surface area (TPSA) is 83.3 Å². The average Bonchev–Trinajstić information content (AvgIpc) is 3.08. The maximum absolute atomic E-state index is 13.2. The minimum atomic E-state index is -0.825. The molecule has 8 heteroatoms. The van der Waals surface area contributed by atoms with Crippen LogP contribution in [0.3, 0.4) is 0 Å². The predicted molar refractivity (Wildman–Crippen MR) is 100 cm³/mol. The Balaban J connectivity index is 2.58. The fraction of sp³-hybridized carbons (Fsp3) is 0.556. The van der Waals surface area contributed by atoms with Gasteiger partial charge in [0.2, 0.25) is 5.78 Å². The Kier molecular flexibility index (Phi) is 4.17. The molecule has 0 fully saturated rings. The van der Waals surface area contributed by atoms with E-state index < -0.39 is 17.3 Å². The van der Waals surface area contributed by atoms with Crippen LogP contribution >= 0.6 is 0 Å². The van der Waals surface area contributed by atoms with Gasteiger partial charge in [-0.1, -0.05) is 6.92 Å². The molecule has 26 heavy (non-hydrogen) atoms. The molecule has 0 aliphatic rings. The Morgan fingerprint density at radius 3 is 2.27 bits per heavy atom. The van der Waals surface area contributed by atoms with Gasteiger partial charge in [-0.3, -0.25) is 18.6 Å². The van der Waals surface area contributed by atoms with Gasteiger partial charge in [-0.25, -0.2) is 9.36 Å². The largest absolute Gasteiger partial charge is 0.333 e. The van der Waals surface area contributed by atoms with Gasteiger partial charge in [0.15, 0.2) is 16.9 Å². The molecule has 0 saturated carbocycles. The number of Topliss-reactive ketones (excluding diaryl/α,β-unsaturated/α-hetero) is 1. The fourth-order valence-electron chi connectivity index (χ4n) is 3.48. The van der Waals surface area contributed by atoms with Crippen LogP contribution in [0.25, 0.3) is 16.9 Å². The predicted octanol–water partition coefficient (Wildman–Crippen LogP) is 1.89. The van der Waals surface area contributed by atoms with Crippen LogP contribution < -0.4 is 11.2 Å². The second-order valence-corrected chi connectivity index (χ2v) is 7.02. The average molecular weight is 359 g/mol. The van der Waals surface area contributed by atoms with Crippen LogP contribution in [0.4, 0.5) is 0 Å². The molecule has 0 saturated heterocycles. The van der Waals surface area contributed by atoms with E-state index in [-0.39, 0.29) is 11.8 Å². The van der Waals surface area contributed by atoms with Gasteiger partial charge in [-0.05, 0) is 41.0 Å². The van der Waals surface area contributed by atoms with E-state index in [0.29, 0.717) is 16.9 Å². The van der Waals surface area contributed by atoms with Crippen LogP contribution in [0.1, 0.15) is 57.6 Å². The van der Waals surface area contributed by atoms with Gasteiger partial charge in [0.1, 0.15) is 0 Å². The van der Waals surface area contributed by atoms with Gasteiger partial charge in [0.25, 0.3) is 5.56 Å². The van der Waals surface area contributed by atoms with Gasteiger partial charge in [-0.15, -0.1) is 0 Å². The minimum absolute atomic E-state index is 0.207. The Labute approximate surface area is 150 Å². The summed E-state index contributed by atoms with van der Waals surface area (Å²) >= 11 is 0. The zero-order chi connectivity index (χ0) is 19.5. The van der Waals surface area contributed by atoms with Crippen molar-refractivity contribution in [1.29, 1.82) is 0 Å². The number of hydrogen-bond donors (Lipinski definition) is 0. The van der Waals surface area contributed by atoms with Crippen molar-refractivity contribution in [1.82, 2.24) is 23.1 Å². The molecule has 8 nitrogen and oxygen atoms in total. The molecule has 0 unspecified atom stereocenters. The maximum Gasteiger partial charge on any atom is 0.333 e. The molecule has 0 aliphatic carbocycles. The van der Waals surface area contributed by atoms with Crippen LogP contribution in [-0.4, -0.2) is 28.9 Å².